The minimum Gasteiger partial charge on any atom is -0.367 e. The lowest BCUT2D eigenvalue weighted by molar-refractivity contribution is 0.642. The number of anilines is 1. The summed E-state index contributed by atoms with van der Waals surface area (Å²) in [6.07, 6.45) is 5.21. The van der Waals surface area contributed by atoms with Gasteiger partial charge in [-0.05, 0) is 40.9 Å². The third-order valence-corrected chi connectivity index (χ3v) is 2.85. The second-order valence-electron chi connectivity index (χ2n) is 3.52. The summed E-state index contributed by atoms with van der Waals surface area (Å²) in [6.45, 7) is 4.32. The molecule has 84 valence electrons. The van der Waals surface area contributed by atoms with Crippen LogP contribution in [0.4, 0.5) is 5.82 Å². The molecule has 1 aromatic heterocycles. The van der Waals surface area contributed by atoms with Crippen molar-refractivity contribution in [2.24, 2.45) is 0 Å². The maximum absolute atomic E-state index is 5.72. The van der Waals surface area contributed by atoms with Gasteiger partial charge in [0.1, 0.15) is 5.82 Å². The van der Waals surface area contributed by atoms with Crippen LogP contribution >= 0.6 is 27.5 Å². The summed E-state index contributed by atoms with van der Waals surface area (Å²) in [5.41, 5.74) is 0. The van der Waals surface area contributed by atoms with E-state index in [4.69, 9.17) is 11.6 Å². The zero-order valence-corrected chi connectivity index (χ0v) is 11.3. The molecule has 0 saturated heterocycles. The van der Waals surface area contributed by atoms with E-state index in [-0.39, 0.29) is 5.28 Å². The van der Waals surface area contributed by atoms with Gasteiger partial charge in [0.2, 0.25) is 5.28 Å². The van der Waals surface area contributed by atoms with Crippen LogP contribution in [0, 0.1) is 0 Å². The maximum atomic E-state index is 5.72. The van der Waals surface area contributed by atoms with Gasteiger partial charge in [-0.2, -0.15) is 4.98 Å². The Morgan fingerprint density at radius 3 is 3.00 bits per heavy atom. The summed E-state index contributed by atoms with van der Waals surface area (Å²) < 4.78 is 0.843. The van der Waals surface area contributed by atoms with E-state index >= 15 is 0 Å². The summed E-state index contributed by atoms with van der Waals surface area (Å²) in [5, 5.41) is 3.57. The van der Waals surface area contributed by atoms with Gasteiger partial charge in [-0.15, -0.1) is 0 Å². The van der Waals surface area contributed by atoms with Crippen molar-refractivity contribution in [2.75, 3.05) is 5.32 Å². The summed E-state index contributed by atoms with van der Waals surface area (Å²) in [6, 6.07) is 0.396. The summed E-state index contributed by atoms with van der Waals surface area (Å²) in [7, 11) is 0. The molecule has 0 fully saturated rings. The second kappa shape index (κ2) is 6.28. The highest BCUT2D eigenvalue weighted by Gasteiger charge is 2.07. The Labute approximate surface area is 104 Å². The lowest BCUT2D eigenvalue weighted by Crippen LogP contribution is -2.16. The van der Waals surface area contributed by atoms with Crippen LogP contribution < -0.4 is 5.32 Å². The third kappa shape index (κ3) is 4.34. The fraction of sp³-hybridized carbons (Fsp3) is 0.600. The quantitative estimate of drug-likeness (QED) is 0.837. The molecule has 1 rings (SSSR count). The standard InChI is InChI=1S/C10H15BrClN3/c1-3-4-5-7(2)14-9-8(11)6-13-10(12)15-9/h6-7H,3-5H2,1-2H3,(H,13,14,15). The van der Waals surface area contributed by atoms with Crippen molar-refractivity contribution < 1.29 is 0 Å². The van der Waals surface area contributed by atoms with Crippen LogP contribution in [0.15, 0.2) is 10.7 Å². The Morgan fingerprint density at radius 2 is 2.33 bits per heavy atom. The molecule has 1 aromatic rings. The Morgan fingerprint density at radius 1 is 1.60 bits per heavy atom. The molecule has 0 aliphatic heterocycles. The van der Waals surface area contributed by atoms with Gasteiger partial charge < -0.3 is 5.32 Å². The first kappa shape index (κ1) is 12.7. The Hall–Kier alpha value is -0.350. The van der Waals surface area contributed by atoms with Crippen LogP contribution in [0.3, 0.4) is 0 Å². The molecule has 0 radical (unpaired) electrons. The Kier molecular flexibility index (Phi) is 5.32. The molecule has 0 bridgehead atoms. The molecule has 0 spiro atoms. The van der Waals surface area contributed by atoms with Gasteiger partial charge in [-0.1, -0.05) is 19.8 Å². The van der Waals surface area contributed by atoms with Gasteiger partial charge in [-0.25, -0.2) is 4.98 Å². The number of halogens is 2. The first-order valence-corrected chi connectivity index (χ1v) is 6.25. The van der Waals surface area contributed by atoms with Crippen molar-refractivity contribution in [3.8, 4) is 0 Å². The fourth-order valence-corrected chi connectivity index (χ4v) is 1.70. The molecular formula is C10H15BrClN3. The van der Waals surface area contributed by atoms with Gasteiger partial charge in [0.25, 0.3) is 0 Å². The van der Waals surface area contributed by atoms with Gasteiger partial charge >= 0.3 is 0 Å². The third-order valence-electron chi connectivity index (χ3n) is 2.09. The van der Waals surface area contributed by atoms with E-state index in [0.29, 0.717) is 6.04 Å². The lowest BCUT2D eigenvalue weighted by Gasteiger charge is -2.14. The first-order chi connectivity index (χ1) is 7.13. The molecule has 15 heavy (non-hydrogen) atoms. The van der Waals surface area contributed by atoms with Crippen molar-refractivity contribution in [1.29, 1.82) is 0 Å². The molecule has 0 aromatic carbocycles. The number of nitrogens with one attached hydrogen (secondary N) is 1. The summed E-state index contributed by atoms with van der Waals surface area (Å²) >= 11 is 9.10. The number of nitrogens with zero attached hydrogens (tertiary/aromatic N) is 2. The van der Waals surface area contributed by atoms with E-state index < -0.39 is 0 Å². The van der Waals surface area contributed by atoms with Crippen molar-refractivity contribution in [1.82, 2.24) is 9.97 Å². The van der Waals surface area contributed by atoms with E-state index in [1.807, 2.05) is 0 Å². The molecule has 1 N–H and O–H groups in total. The summed E-state index contributed by atoms with van der Waals surface area (Å²) in [4.78, 5) is 7.99. The predicted molar refractivity (Wildman–Crippen MR) is 67.4 cm³/mol. The highest BCUT2D eigenvalue weighted by Crippen LogP contribution is 2.21. The van der Waals surface area contributed by atoms with E-state index in [1.165, 1.54) is 12.8 Å². The monoisotopic (exact) mass is 291 g/mol. The van der Waals surface area contributed by atoms with E-state index in [9.17, 15) is 0 Å². The average molecular weight is 293 g/mol. The highest BCUT2D eigenvalue weighted by atomic mass is 79.9. The summed E-state index contributed by atoms with van der Waals surface area (Å²) in [5.74, 6) is 0.763. The van der Waals surface area contributed by atoms with Crippen LogP contribution in [0.2, 0.25) is 5.28 Å². The molecule has 0 amide bonds. The number of aromatic nitrogens is 2. The Balaban J connectivity index is 2.59. The second-order valence-corrected chi connectivity index (χ2v) is 4.72. The molecule has 1 heterocycles. The minimum atomic E-state index is 0.267. The lowest BCUT2D eigenvalue weighted by atomic mass is 10.1. The normalized spacial score (nSPS) is 12.5. The van der Waals surface area contributed by atoms with E-state index in [0.717, 1.165) is 16.7 Å². The zero-order chi connectivity index (χ0) is 11.3. The van der Waals surface area contributed by atoms with Gasteiger partial charge in [0.15, 0.2) is 0 Å². The van der Waals surface area contributed by atoms with E-state index in [2.05, 4.69) is 45.1 Å². The van der Waals surface area contributed by atoms with Crippen LogP contribution in [0.5, 0.6) is 0 Å². The molecule has 5 heteroatoms. The topological polar surface area (TPSA) is 37.8 Å². The van der Waals surface area contributed by atoms with Crippen LogP contribution in [0.25, 0.3) is 0 Å². The molecule has 3 nitrogen and oxygen atoms in total. The molecule has 0 aliphatic rings. The fourth-order valence-electron chi connectivity index (χ4n) is 1.26. The maximum Gasteiger partial charge on any atom is 0.224 e. The molecule has 0 aliphatic carbocycles. The van der Waals surface area contributed by atoms with E-state index in [1.54, 1.807) is 6.20 Å². The van der Waals surface area contributed by atoms with Crippen molar-refractivity contribution in [3.05, 3.63) is 16.0 Å². The van der Waals surface area contributed by atoms with Gasteiger partial charge in [-0.3, -0.25) is 0 Å². The van der Waals surface area contributed by atoms with Crippen molar-refractivity contribution in [2.45, 2.75) is 39.2 Å². The smallest absolute Gasteiger partial charge is 0.224 e. The minimum absolute atomic E-state index is 0.267. The SMILES string of the molecule is CCCCC(C)Nc1nc(Cl)ncc1Br. The molecule has 1 atom stereocenters. The van der Waals surface area contributed by atoms with Gasteiger partial charge in [0.05, 0.1) is 4.47 Å². The number of rotatable bonds is 5. The van der Waals surface area contributed by atoms with Crippen LogP contribution in [0.1, 0.15) is 33.1 Å². The number of unbranched alkanes of at least 4 members (excludes halogenated alkanes) is 1. The highest BCUT2D eigenvalue weighted by molar-refractivity contribution is 9.10. The van der Waals surface area contributed by atoms with Gasteiger partial charge in [0, 0.05) is 12.2 Å². The molecule has 0 saturated carbocycles. The average Bonchev–Trinajstić information content (AvgIpc) is 2.20. The largest absolute Gasteiger partial charge is 0.367 e. The molecule has 1 unspecified atom stereocenters. The zero-order valence-electron chi connectivity index (χ0n) is 8.93. The molecular weight excluding hydrogens is 277 g/mol. The predicted octanol–water partition coefficient (Wildman–Crippen LogP) is 3.88. The van der Waals surface area contributed by atoms with Crippen molar-refractivity contribution >= 4 is 33.3 Å². The van der Waals surface area contributed by atoms with Crippen molar-refractivity contribution in [3.63, 3.8) is 0 Å². The number of hydrogen-bond donors (Lipinski definition) is 1. The number of hydrogen-bond acceptors (Lipinski definition) is 3. The van der Waals surface area contributed by atoms with Crippen LogP contribution in [-0.4, -0.2) is 16.0 Å². The first-order valence-electron chi connectivity index (χ1n) is 5.08. The van der Waals surface area contributed by atoms with Crippen LogP contribution in [-0.2, 0) is 0 Å². The Bertz CT molecular complexity index is 320.